The molecule has 1 aromatic rings. The van der Waals surface area contributed by atoms with Crippen LogP contribution in [0.1, 0.15) is 47.2 Å². The van der Waals surface area contributed by atoms with Crippen molar-refractivity contribution >= 4 is 17.4 Å². The summed E-state index contributed by atoms with van der Waals surface area (Å²) in [6, 6.07) is 0. The molecule has 0 bridgehead atoms. The van der Waals surface area contributed by atoms with Crippen molar-refractivity contribution in [1.82, 2.24) is 0 Å². The van der Waals surface area contributed by atoms with Gasteiger partial charge in [-0.3, -0.25) is 4.79 Å². The van der Waals surface area contributed by atoms with Crippen LogP contribution in [0.2, 0.25) is 0 Å². The number of hydrogen-bond donors (Lipinski definition) is 2. The molecule has 21 heavy (non-hydrogen) atoms. The van der Waals surface area contributed by atoms with E-state index in [4.69, 9.17) is 11.5 Å². The molecule has 0 radical (unpaired) electrons. The molecule has 1 amide bonds. The number of nitrogens with two attached hydrogens (primary N) is 2. The largest absolute Gasteiger partial charge is 0.370 e. The smallest absolute Gasteiger partial charge is 0.276 e. The predicted molar refractivity (Wildman–Crippen MR) is 89.2 cm³/mol. The zero-order chi connectivity index (χ0) is 16.5. The van der Waals surface area contributed by atoms with Crippen LogP contribution >= 0.6 is 0 Å². The molecule has 0 saturated heterocycles. The third-order valence-electron chi connectivity index (χ3n) is 4.49. The molecule has 0 spiro atoms. The molecule has 0 atom stereocenters. The Labute approximate surface area is 126 Å². The molecule has 0 aliphatic carbocycles. The minimum atomic E-state index is -0.387. The second-order valence-corrected chi connectivity index (χ2v) is 5.59. The Hall–Kier alpha value is -2.10. The SMILES string of the molecule is C/C(C(=O)N=C(N)N)=C(/C)c1c(C)c(C)c(C)c(C)c1C. The maximum absolute atomic E-state index is 12.0. The number of amides is 1. The fraction of sp³-hybridized carbons (Fsp3) is 0.412. The van der Waals surface area contributed by atoms with E-state index in [0.29, 0.717) is 5.57 Å². The van der Waals surface area contributed by atoms with Crippen LogP contribution in [0, 0.1) is 34.6 Å². The maximum Gasteiger partial charge on any atom is 0.276 e. The maximum atomic E-state index is 12.0. The zero-order valence-electron chi connectivity index (χ0n) is 14.0. The van der Waals surface area contributed by atoms with Crippen molar-refractivity contribution in [2.45, 2.75) is 48.5 Å². The van der Waals surface area contributed by atoms with Crippen LogP contribution < -0.4 is 11.5 Å². The van der Waals surface area contributed by atoms with Crippen molar-refractivity contribution in [3.8, 4) is 0 Å². The lowest BCUT2D eigenvalue weighted by Gasteiger charge is -2.20. The Balaban J connectivity index is 3.61. The lowest BCUT2D eigenvalue weighted by molar-refractivity contribution is -0.114. The molecule has 4 N–H and O–H groups in total. The van der Waals surface area contributed by atoms with Crippen LogP contribution in [0.5, 0.6) is 0 Å². The van der Waals surface area contributed by atoms with Crippen molar-refractivity contribution in [2.75, 3.05) is 0 Å². The van der Waals surface area contributed by atoms with Gasteiger partial charge in [0.1, 0.15) is 0 Å². The highest BCUT2D eigenvalue weighted by Gasteiger charge is 2.17. The van der Waals surface area contributed by atoms with Crippen LogP contribution in [-0.2, 0) is 4.79 Å². The van der Waals surface area contributed by atoms with Gasteiger partial charge in [0.15, 0.2) is 5.96 Å². The molecule has 0 unspecified atom stereocenters. The standard InChI is InChI=1S/C17H25N3O/c1-8-9(2)11(4)15(12(5)10(8)3)13(6)14(7)16(21)20-17(18)19/h1-7H3,(H4,18,19,20,21)/b14-13+. The summed E-state index contributed by atoms with van der Waals surface area (Å²) in [7, 11) is 0. The molecule has 0 saturated carbocycles. The topological polar surface area (TPSA) is 81.5 Å². The van der Waals surface area contributed by atoms with Crippen molar-refractivity contribution in [1.29, 1.82) is 0 Å². The summed E-state index contributed by atoms with van der Waals surface area (Å²) in [5, 5.41) is 0. The number of hydrogen-bond acceptors (Lipinski definition) is 1. The molecule has 1 rings (SSSR count). The molecular formula is C17H25N3O. The van der Waals surface area contributed by atoms with Crippen molar-refractivity contribution < 1.29 is 4.79 Å². The van der Waals surface area contributed by atoms with Gasteiger partial charge in [0.05, 0.1) is 0 Å². The lowest BCUT2D eigenvalue weighted by atomic mass is 9.85. The van der Waals surface area contributed by atoms with Gasteiger partial charge < -0.3 is 11.5 Å². The molecule has 114 valence electrons. The van der Waals surface area contributed by atoms with E-state index in [9.17, 15) is 4.79 Å². The summed E-state index contributed by atoms with van der Waals surface area (Å²) >= 11 is 0. The number of guanidine groups is 1. The number of carbonyl (C=O) groups is 1. The van der Waals surface area contributed by atoms with E-state index in [1.54, 1.807) is 6.92 Å². The highest BCUT2D eigenvalue weighted by Crippen LogP contribution is 2.32. The predicted octanol–water partition coefficient (Wildman–Crippen LogP) is 2.82. The summed E-state index contributed by atoms with van der Waals surface area (Å²) in [5.41, 5.74) is 19.4. The Morgan fingerprint density at radius 3 is 1.57 bits per heavy atom. The zero-order valence-corrected chi connectivity index (χ0v) is 14.0. The quantitative estimate of drug-likeness (QED) is 0.498. The second kappa shape index (κ2) is 6.12. The lowest BCUT2D eigenvalue weighted by Crippen LogP contribution is -2.24. The Morgan fingerprint density at radius 1 is 0.810 bits per heavy atom. The van der Waals surface area contributed by atoms with Gasteiger partial charge in [-0.25, -0.2) is 0 Å². The summed E-state index contributed by atoms with van der Waals surface area (Å²) in [6.45, 7) is 14.2. The van der Waals surface area contributed by atoms with Gasteiger partial charge in [-0.2, -0.15) is 4.99 Å². The number of benzene rings is 1. The van der Waals surface area contributed by atoms with E-state index in [1.807, 2.05) is 6.92 Å². The first-order valence-corrected chi connectivity index (χ1v) is 6.98. The van der Waals surface area contributed by atoms with Gasteiger partial charge in [-0.05, 0) is 87.4 Å². The average molecular weight is 287 g/mol. The van der Waals surface area contributed by atoms with Crippen LogP contribution in [0.3, 0.4) is 0 Å². The molecule has 0 aromatic heterocycles. The van der Waals surface area contributed by atoms with Crippen LogP contribution in [-0.4, -0.2) is 11.9 Å². The molecular weight excluding hydrogens is 262 g/mol. The third-order valence-corrected chi connectivity index (χ3v) is 4.49. The van der Waals surface area contributed by atoms with Gasteiger partial charge in [-0.1, -0.05) is 0 Å². The summed E-state index contributed by atoms with van der Waals surface area (Å²) in [5.74, 6) is -0.598. The van der Waals surface area contributed by atoms with Gasteiger partial charge in [0.2, 0.25) is 0 Å². The number of nitrogens with zero attached hydrogens (tertiary/aromatic N) is 1. The van der Waals surface area contributed by atoms with E-state index in [0.717, 1.165) is 11.1 Å². The van der Waals surface area contributed by atoms with Gasteiger partial charge in [0.25, 0.3) is 5.91 Å². The first-order valence-electron chi connectivity index (χ1n) is 6.98. The minimum absolute atomic E-state index is 0.211. The van der Waals surface area contributed by atoms with E-state index in [1.165, 1.54) is 27.8 Å². The van der Waals surface area contributed by atoms with Crippen LogP contribution in [0.15, 0.2) is 10.6 Å². The second-order valence-electron chi connectivity index (χ2n) is 5.59. The highest BCUT2D eigenvalue weighted by atomic mass is 16.1. The first-order chi connectivity index (χ1) is 9.59. The minimum Gasteiger partial charge on any atom is -0.370 e. The summed E-state index contributed by atoms with van der Waals surface area (Å²) < 4.78 is 0. The third kappa shape index (κ3) is 3.15. The normalized spacial score (nSPS) is 12.0. The molecule has 0 fully saturated rings. The van der Waals surface area contributed by atoms with E-state index >= 15 is 0 Å². The van der Waals surface area contributed by atoms with Crippen molar-refractivity contribution in [2.24, 2.45) is 16.5 Å². The molecule has 4 heteroatoms. The summed E-state index contributed by atoms with van der Waals surface area (Å²) in [6.07, 6.45) is 0. The molecule has 1 aromatic carbocycles. The van der Waals surface area contributed by atoms with Crippen molar-refractivity contribution in [3.05, 3.63) is 39.0 Å². The Bertz CT molecular complexity index is 634. The van der Waals surface area contributed by atoms with Gasteiger partial charge >= 0.3 is 0 Å². The van der Waals surface area contributed by atoms with E-state index in [-0.39, 0.29) is 11.9 Å². The van der Waals surface area contributed by atoms with E-state index in [2.05, 4.69) is 39.6 Å². The molecule has 0 heterocycles. The van der Waals surface area contributed by atoms with Gasteiger partial charge in [0, 0.05) is 5.57 Å². The monoisotopic (exact) mass is 287 g/mol. The summed E-state index contributed by atoms with van der Waals surface area (Å²) in [4.78, 5) is 15.6. The molecule has 0 aliphatic rings. The van der Waals surface area contributed by atoms with Gasteiger partial charge in [-0.15, -0.1) is 0 Å². The number of rotatable bonds is 2. The fourth-order valence-electron chi connectivity index (χ4n) is 2.61. The Morgan fingerprint density at radius 2 is 1.19 bits per heavy atom. The molecule has 0 aliphatic heterocycles. The highest BCUT2D eigenvalue weighted by molar-refractivity contribution is 6.06. The number of aliphatic imine (C=N–C) groups is 1. The number of carbonyl (C=O) groups excluding carboxylic acids is 1. The average Bonchev–Trinajstić information content (AvgIpc) is 2.41. The van der Waals surface area contributed by atoms with Crippen molar-refractivity contribution in [3.63, 3.8) is 0 Å². The fourth-order valence-corrected chi connectivity index (χ4v) is 2.61. The number of allylic oxidation sites excluding steroid dienone is 1. The van der Waals surface area contributed by atoms with Crippen LogP contribution in [0.25, 0.3) is 5.57 Å². The molecule has 4 nitrogen and oxygen atoms in total. The Kier molecular flexibility index (Phi) is 4.94. The van der Waals surface area contributed by atoms with Crippen LogP contribution in [0.4, 0.5) is 0 Å². The van der Waals surface area contributed by atoms with E-state index < -0.39 is 0 Å². The first kappa shape index (κ1) is 17.0.